The second-order valence-electron chi connectivity index (χ2n) is 9.04. The predicted molar refractivity (Wildman–Crippen MR) is 154 cm³/mol. The van der Waals surface area contributed by atoms with Crippen molar-refractivity contribution in [2.75, 3.05) is 5.32 Å². The highest BCUT2D eigenvalue weighted by atomic mass is 16.6. The van der Waals surface area contributed by atoms with E-state index in [4.69, 9.17) is 4.74 Å². The molecule has 8 nitrogen and oxygen atoms in total. The number of pyridine rings is 2. The summed E-state index contributed by atoms with van der Waals surface area (Å²) < 4.78 is 6.94. The lowest BCUT2D eigenvalue weighted by Gasteiger charge is -2.13. The van der Waals surface area contributed by atoms with Crippen LogP contribution in [0, 0.1) is 0 Å². The minimum Gasteiger partial charge on any atom is -0.410 e. The Bertz CT molecular complexity index is 1870. The van der Waals surface area contributed by atoms with Crippen LogP contribution in [0.25, 0.3) is 28.0 Å². The van der Waals surface area contributed by atoms with Crippen LogP contribution in [-0.4, -0.2) is 25.6 Å². The van der Waals surface area contributed by atoms with Gasteiger partial charge in [-0.05, 0) is 71.3 Å². The highest BCUT2D eigenvalue weighted by Gasteiger charge is 2.15. The summed E-state index contributed by atoms with van der Waals surface area (Å²) in [5, 5.41) is 2.77. The van der Waals surface area contributed by atoms with Crippen molar-refractivity contribution in [1.82, 2.24) is 19.5 Å². The van der Waals surface area contributed by atoms with Gasteiger partial charge in [0.15, 0.2) is 5.65 Å². The Morgan fingerprint density at radius 3 is 2.45 bits per heavy atom. The zero-order valence-corrected chi connectivity index (χ0v) is 21.3. The Morgan fingerprint density at radius 2 is 1.62 bits per heavy atom. The average molecular weight is 526 g/mol. The molecule has 0 aliphatic heterocycles. The number of anilines is 1. The van der Waals surface area contributed by atoms with Crippen molar-refractivity contribution in [3.8, 4) is 22.6 Å². The third-order valence-electron chi connectivity index (χ3n) is 6.28. The molecule has 0 radical (unpaired) electrons. The van der Waals surface area contributed by atoms with E-state index in [0.29, 0.717) is 40.4 Å². The van der Waals surface area contributed by atoms with Gasteiger partial charge in [-0.1, -0.05) is 48.5 Å². The van der Waals surface area contributed by atoms with Crippen LogP contribution in [0.3, 0.4) is 0 Å². The summed E-state index contributed by atoms with van der Waals surface area (Å²) >= 11 is 0. The van der Waals surface area contributed by atoms with Crippen LogP contribution in [0.2, 0.25) is 0 Å². The highest BCUT2D eigenvalue weighted by Crippen LogP contribution is 2.26. The number of ether oxygens (including phenoxy) is 1. The van der Waals surface area contributed by atoms with Gasteiger partial charge in [-0.15, -0.1) is 0 Å². The molecule has 0 spiro atoms. The molecule has 0 atom stereocenters. The van der Waals surface area contributed by atoms with Crippen LogP contribution in [0.1, 0.15) is 11.3 Å². The Labute approximate surface area is 229 Å². The molecule has 1 amide bonds. The van der Waals surface area contributed by atoms with E-state index in [2.05, 4.69) is 20.3 Å². The van der Waals surface area contributed by atoms with Crippen LogP contribution < -0.4 is 15.6 Å². The van der Waals surface area contributed by atoms with Crippen molar-refractivity contribution < 1.29 is 9.53 Å². The van der Waals surface area contributed by atoms with Crippen molar-refractivity contribution in [2.24, 2.45) is 0 Å². The predicted octanol–water partition coefficient (Wildman–Crippen LogP) is 6.04. The molecule has 0 saturated heterocycles. The highest BCUT2D eigenvalue weighted by molar-refractivity contribution is 5.87. The third-order valence-corrected chi connectivity index (χ3v) is 6.28. The fourth-order valence-electron chi connectivity index (χ4n) is 4.46. The average Bonchev–Trinajstić information content (AvgIpc) is 2.99. The molecule has 8 heteroatoms. The van der Waals surface area contributed by atoms with Crippen LogP contribution in [-0.2, 0) is 6.42 Å². The van der Waals surface area contributed by atoms with E-state index in [9.17, 15) is 9.59 Å². The molecule has 3 aromatic heterocycles. The van der Waals surface area contributed by atoms with E-state index in [0.717, 1.165) is 16.7 Å². The lowest BCUT2D eigenvalue weighted by Crippen LogP contribution is -2.25. The molecule has 0 aliphatic carbocycles. The number of hydrogen-bond acceptors (Lipinski definition) is 6. The van der Waals surface area contributed by atoms with E-state index in [-0.39, 0.29) is 5.56 Å². The molecule has 0 bridgehead atoms. The third kappa shape index (κ3) is 5.32. The Hall–Kier alpha value is -5.63. The van der Waals surface area contributed by atoms with Crippen LogP contribution in [0.4, 0.5) is 10.5 Å². The minimum absolute atomic E-state index is 0.244. The first-order chi connectivity index (χ1) is 19.6. The number of amides is 1. The van der Waals surface area contributed by atoms with Gasteiger partial charge in [0.25, 0.3) is 5.56 Å². The number of fused-ring (bicyclic) bond motifs is 1. The number of hydrogen-bond donors (Lipinski definition) is 1. The Balaban J connectivity index is 1.35. The molecule has 0 unspecified atom stereocenters. The van der Waals surface area contributed by atoms with Crippen LogP contribution in [0.5, 0.6) is 5.75 Å². The SMILES string of the molecule is O=C(Nc1cccc(-c2cccc(-n3c(=O)c(Cc4cccnc4)nc4cccnc43)c2)c1)Oc1ccccc1. The largest absolute Gasteiger partial charge is 0.417 e. The summed E-state index contributed by atoms with van der Waals surface area (Å²) in [7, 11) is 0. The molecule has 1 N–H and O–H groups in total. The summed E-state index contributed by atoms with van der Waals surface area (Å²) in [6.45, 7) is 0. The number of carbonyl (C=O) groups excluding carboxylic acids is 1. The van der Waals surface area contributed by atoms with Gasteiger partial charge in [-0.3, -0.25) is 19.7 Å². The lowest BCUT2D eigenvalue weighted by molar-refractivity contribution is 0.215. The van der Waals surface area contributed by atoms with Crippen LogP contribution in [0.15, 0.2) is 127 Å². The van der Waals surface area contributed by atoms with Gasteiger partial charge in [0.1, 0.15) is 17.0 Å². The van der Waals surface area contributed by atoms with Crippen molar-refractivity contribution in [3.05, 3.63) is 143 Å². The summed E-state index contributed by atoms with van der Waals surface area (Å²) in [5.41, 5.74) is 5.10. The molecule has 0 fully saturated rings. The molecule has 0 saturated carbocycles. The maximum Gasteiger partial charge on any atom is 0.417 e. The molecular weight excluding hydrogens is 502 g/mol. The molecule has 3 aromatic carbocycles. The zero-order valence-electron chi connectivity index (χ0n) is 21.3. The number of nitrogens with zero attached hydrogens (tertiary/aromatic N) is 4. The first-order valence-corrected chi connectivity index (χ1v) is 12.6. The number of rotatable bonds is 6. The fraction of sp³-hybridized carbons (Fsp3) is 0.0312. The van der Waals surface area contributed by atoms with Gasteiger partial charge in [0, 0.05) is 30.7 Å². The molecule has 6 rings (SSSR count). The lowest BCUT2D eigenvalue weighted by atomic mass is 10.0. The summed E-state index contributed by atoms with van der Waals surface area (Å²) in [6, 6.07) is 31.3. The van der Waals surface area contributed by atoms with Gasteiger partial charge in [0.05, 0.1) is 5.69 Å². The van der Waals surface area contributed by atoms with Gasteiger partial charge >= 0.3 is 6.09 Å². The number of para-hydroxylation sites is 1. The van der Waals surface area contributed by atoms with E-state index in [1.54, 1.807) is 59.6 Å². The van der Waals surface area contributed by atoms with E-state index in [1.807, 2.05) is 66.7 Å². The Kier molecular flexibility index (Phi) is 6.79. The molecule has 3 heterocycles. The minimum atomic E-state index is -0.584. The van der Waals surface area contributed by atoms with Gasteiger partial charge in [-0.25, -0.2) is 14.8 Å². The smallest absolute Gasteiger partial charge is 0.410 e. The van der Waals surface area contributed by atoms with Crippen molar-refractivity contribution in [1.29, 1.82) is 0 Å². The molecular formula is C32H23N5O3. The summed E-state index contributed by atoms with van der Waals surface area (Å²) in [4.78, 5) is 39.4. The topological polar surface area (TPSA) is 99.0 Å². The van der Waals surface area contributed by atoms with Crippen molar-refractivity contribution >= 4 is 22.9 Å². The summed E-state index contributed by atoms with van der Waals surface area (Å²) in [5.74, 6) is 0.454. The van der Waals surface area contributed by atoms with Gasteiger partial charge in [-0.2, -0.15) is 0 Å². The van der Waals surface area contributed by atoms with Gasteiger partial charge < -0.3 is 4.74 Å². The second kappa shape index (κ2) is 11.0. The first-order valence-electron chi connectivity index (χ1n) is 12.6. The quantitative estimate of drug-likeness (QED) is 0.284. The van der Waals surface area contributed by atoms with E-state index < -0.39 is 6.09 Å². The maximum absolute atomic E-state index is 13.7. The summed E-state index contributed by atoms with van der Waals surface area (Å²) in [6.07, 6.45) is 4.84. The van der Waals surface area contributed by atoms with E-state index in [1.165, 1.54) is 0 Å². The monoisotopic (exact) mass is 525 g/mol. The van der Waals surface area contributed by atoms with E-state index >= 15 is 0 Å². The number of carbonyl (C=O) groups is 1. The molecule has 194 valence electrons. The molecule has 6 aromatic rings. The van der Waals surface area contributed by atoms with Crippen molar-refractivity contribution in [2.45, 2.75) is 6.42 Å². The first kappa shape index (κ1) is 24.7. The molecule has 0 aliphatic rings. The number of aromatic nitrogens is 4. The second-order valence-corrected chi connectivity index (χ2v) is 9.04. The fourth-order valence-corrected chi connectivity index (χ4v) is 4.46. The molecule has 40 heavy (non-hydrogen) atoms. The van der Waals surface area contributed by atoms with Crippen LogP contribution >= 0.6 is 0 Å². The zero-order chi connectivity index (χ0) is 27.3. The number of benzene rings is 3. The normalized spacial score (nSPS) is 10.8. The van der Waals surface area contributed by atoms with Crippen molar-refractivity contribution in [3.63, 3.8) is 0 Å². The maximum atomic E-state index is 13.7. The standard InChI is InChI=1S/C32H23N5O3/c38-31-29(18-22-8-6-16-33-21-22)36-28-15-7-17-34-30(28)37(31)26-12-5-10-24(20-26)23-9-4-11-25(19-23)35-32(39)40-27-13-2-1-3-14-27/h1-17,19-21H,18H2,(H,35,39). The number of nitrogens with one attached hydrogen (secondary N) is 1. The Morgan fingerprint density at radius 1 is 0.825 bits per heavy atom. The van der Waals surface area contributed by atoms with Gasteiger partial charge in [0.2, 0.25) is 0 Å².